The fraction of sp³-hybridized carbons (Fsp3) is 0.727. The number of rotatable bonds is 10. The van der Waals surface area contributed by atoms with Crippen molar-refractivity contribution in [1.82, 2.24) is 5.32 Å². The van der Waals surface area contributed by atoms with E-state index < -0.39 is 29.9 Å². The summed E-state index contributed by atoms with van der Waals surface area (Å²) < 4.78 is 0. The minimum absolute atomic E-state index is 0.0883. The van der Waals surface area contributed by atoms with Crippen LogP contribution in [0.2, 0.25) is 0 Å². The molecule has 2 unspecified atom stereocenters. The first-order valence-electron chi connectivity index (χ1n) is 6.08. The minimum atomic E-state index is -1.04. The summed E-state index contributed by atoms with van der Waals surface area (Å²) in [6.45, 7) is 0.367. The zero-order valence-electron chi connectivity index (χ0n) is 10.7. The number of nitrogens with one attached hydrogen (secondary N) is 1. The van der Waals surface area contributed by atoms with Crippen LogP contribution in [-0.2, 0) is 14.4 Å². The van der Waals surface area contributed by atoms with E-state index in [-0.39, 0.29) is 12.8 Å². The predicted octanol–water partition coefficient (Wildman–Crippen LogP) is -1.12. The van der Waals surface area contributed by atoms with E-state index in [2.05, 4.69) is 5.32 Å². The second kappa shape index (κ2) is 9.29. The van der Waals surface area contributed by atoms with Crippen LogP contribution in [0, 0.1) is 0 Å². The number of carboxylic acids is 2. The number of nitrogens with two attached hydrogens (primary N) is 2. The third-order valence-electron chi connectivity index (χ3n) is 2.56. The van der Waals surface area contributed by atoms with Crippen LogP contribution in [0.5, 0.6) is 0 Å². The molecule has 0 aromatic carbocycles. The Morgan fingerprint density at radius 2 is 1.63 bits per heavy atom. The Balaban J connectivity index is 3.63. The monoisotopic (exact) mass is 275 g/mol. The number of unbranched alkanes of at least 4 members (excludes halogenated alkanes) is 1. The van der Waals surface area contributed by atoms with Crippen molar-refractivity contribution in [3.63, 3.8) is 0 Å². The van der Waals surface area contributed by atoms with Gasteiger partial charge in [-0.2, -0.15) is 0 Å². The SMILES string of the molecule is NC(CCCCNC(=O)C(N)CCC(=O)O)C(=O)O. The fourth-order valence-corrected chi connectivity index (χ4v) is 1.37. The van der Waals surface area contributed by atoms with E-state index >= 15 is 0 Å². The highest BCUT2D eigenvalue weighted by molar-refractivity contribution is 5.82. The number of carbonyl (C=O) groups is 3. The lowest BCUT2D eigenvalue weighted by Crippen LogP contribution is -2.41. The molecular formula is C11H21N3O5. The van der Waals surface area contributed by atoms with Gasteiger partial charge in [-0.3, -0.25) is 14.4 Å². The van der Waals surface area contributed by atoms with Gasteiger partial charge in [0, 0.05) is 13.0 Å². The lowest BCUT2D eigenvalue weighted by atomic mass is 10.1. The van der Waals surface area contributed by atoms with E-state index in [1.807, 2.05) is 0 Å². The first kappa shape index (κ1) is 17.3. The highest BCUT2D eigenvalue weighted by Crippen LogP contribution is 1.99. The van der Waals surface area contributed by atoms with Crippen molar-refractivity contribution < 1.29 is 24.6 Å². The number of carbonyl (C=O) groups excluding carboxylic acids is 1. The number of amides is 1. The maximum absolute atomic E-state index is 11.4. The summed E-state index contributed by atoms with van der Waals surface area (Å²) in [7, 11) is 0. The topological polar surface area (TPSA) is 156 Å². The van der Waals surface area contributed by atoms with E-state index in [0.29, 0.717) is 25.8 Å². The van der Waals surface area contributed by atoms with Crippen LogP contribution in [0.15, 0.2) is 0 Å². The van der Waals surface area contributed by atoms with Crippen molar-refractivity contribution in [1.29, 1.82) is 0 Å². The summed E-state index contributed by atoms with van der Waals surface area (Å²) in [6.07, 6.45) is 1.46. The molecule has 8 nitrogen and oxygen atoms in total. The zero-order chi connectivity index (χ0) is 14.8. The van der Waals surface area contributed by atoms with Gasteiger partial charge >= 0.3 is 11.9 Å². The molecular weight excluding hydrogens is 254 g/mol. The molecule has 0 saturated heterocycles. The molecule has 0 rings (SSSR count). The van der Waals surface area contributed by atoms with E-state index in [9.17, 15) is 14.4 Å². The number of carboxylic acid groups (broad SMARTS) is 2. The fourth-order valence-electron chi connectivity index (χ4n) is 1.37. The molecule has 110 valence electrons. The van der Waals surface area contributed by atoms with Crippen LogP contribution in [0.25, 0.3) is 0 Å². The summed E-state index contributed by atoms with van der Waals surface area (Å²) in [5.41, 5.74) is 10.8. The summed E-state index contributed by atoms with van der Waals surface area (Å²) in [6, 6.07) is -1.72. The Labute approximate surface area is 111 Å². The molecule has 0 aliphatic rings. The summed E-state index contributed by atoms with van der Waals surface area (Å²) in [4.78, 5) is 32.1. The van der Waals surface area contributed by atoms with Crippen molar-refractivity contribution in [3.8, 4) is 0 Å². The summed E-state index contributed by atoms with van der Waals surface area (Å²) in [5.74, 6) is -2.44. The van der Waals surface area contributed by atoms with Crippen LogP contribution in [0.3, 0.4) is 0 Å². The van der Waals surface area contributed by atoms with Crippen molar-refractivity contribution in [2.45, 2.75) is 44.2 Å². The number of aliphatic carboxylic acids is 2. The molecule has 19 heavy (non-hydrogen) atoms. The lowest BCUT2D eigenvalue weighted by Gasteiger charge is -2.11. The number of hydrogen-bond acceptors (Lipinski definition) is 5. The Morgan fingerprint density at radius 1 is 1.00 bits per heavy atom. The first-order valence-corrected chi connectivity index (χ1v) is 6.08. The predicted molar refractivity (Wildman–Crippen MR) is 67.3 cm³/mol. The van der Waals surface area contributed by atoms with Gasteiger partial charge < -0.3 is 27.0 Å². The molecule has 8 heteroatoms. The van der Waals surface area contributed by atoms with Gasteiger partial charge in [-0.25, -0.2) is 0 Å². The highest BCUT2D eigenvalue weighted by atomic mass is 16.4. The van der Waals surface area contributed by atoms with E-state index in [0.717, 1.165) is 0 Å². The molecule has 0 heterocycles. The van der Waals surface area contributed by atoms with Gasteiger partial charge in [-0.1, -0.05) is 0 Å². The molecule has 1 amide bonds. The Kier molecular flexibility index (Phi) is 8.47. The third kappa shape index (κ3) is 8.97. The first-order chi connectivity index (χ1) is 8.84. The molecule has 0 radical (unpaired) electrons. The van der Waals surface area contributed by atoms with Gasteiger partial charge in [-0.05, 0) is 25.7 Å². The number of hydrogen-bond donors (Lipinski definition) is 5. The largest absolute Gasteiger partial charge is 0.481 e. The van der Waals surface area contributed by atoms with Gasteiger partial charge in [0.05, 0.1) is 6.04 Å². The molecule has 0 bridgehead atoms. The molecule has 0 spiro atoms. The summed E-state index contributed by atoms with van der Waals surface area (Å²) in [5, 5.41) is 19.5. The van der Waals surface area contributed by atoms with Gasteiger partial charge in [-0.15, -0.1) is 0 Å². The standard InChI is InChI=1S/C11H21N3O5/c12-7(4-5-9(15)16)10(17)14-6-2-1-3-8(13)11(18)19/h7-8H,1-6,12-13H2,(H,14,17)(H,15,16)(H,18,19). The maximum atomic E-state index is 11.4. The third-order valence-corrected chi connectivity index (χ3v) is 2.56. The molecule has 2 atom stereocenters. The van der Waals surface area contributed by atoms with Crippen molar-refractivity contribution in [3.05, 3.63) is 0 Å². The second-order valence-corrected chi connectivity index (χ2v) is 4.27. The smallest absolute Gasteiger partial charge is 0.320 e. The second-order valence-electron chi connectivity index (χ2n) is 4.27. The van der Waals surface area contributed by atoms with Crippen molar-refractivity contribution >= 4 is 17.8 Å². The van der Waals surface area contributed by atoms with Crippen LogP contribution in [0.1, 0.15) is 32.1 Å². The normalized spacial score (nSPS) is 13.6. The van der Waals surface area contributed by atoms with Gasteiger partial charge in [0.1, 0.15) is 6.04 Å². The van der Waals surface area contributed by atoms with Gasteiger partial charge in [0.15, 0.2) is 0 Å². The molecule has 0 fully saturated rings. The Morgan fingerprint density at radius 3 is 2.16 bits per heavy atom. The summed E-state index contributed by atoms with van der Waals surface area (Å²) >= 11 is 0. The molecule has 7 N–H and O–H groups in total. The van der Waals surface area contributed by atoms with E-state index in [4.69, 9.17) is 21.7 Å². The van der Waals surface area contributed by atoms with E-state index in [1.54, 1.807) is 0 Å². The highest BCUT2D eigenvalue weighted by Gasteiger charge is 2.14. The average molecular weight is 275 g/mol. The van der Waals surface area contributed by atoms with E-state index in [1.165, 1.54) is 0 Å². The molecule has 0 aromatic heterocycles. The van der Waals surface area contributed by atoms with Crippen molar-refractivity contribution in [2.24, 2.45) is 11.5 Å². The zero-order valence-corrected chi connectivity index (χ0v) is 10.7. The van der Waals surface area contributed by atoms with Gasteiger partial charge in [0.2, 0.25) is 5.91 Å². The maximum Gasteiger partial charge on any atom is 0.320 e. The lowest BCUT2D eigenvalue weighted by molar-refractivity contribution is -0.139. The van der Waals surface area contributed by atoms with Crippen LogP contribution in [0.4, 0.5) is 0 Å². The van der Waals surface area contributed by atoms with Crippen molar-refractivity contribution in [2.75, 3.05) is 6.54 Å². The Bertz CT molecular complexity index is 321. The van der Waals surface area contributed by atoms with Crippen LogP contribution < -0.4 is 16.8 Å². The molecule has 0 aliphatic heterocycles. The average Bonchev–Trinajstić information content (AvgIpc) is 2.34. The quantitative estimate of drug-likeness (QED) is 0.316. The van der Waals surface area contributed by atoms with Crippen LogP contribution >= 0.6 is 0 Å². The minimum Gasteiger partial charge on any atom is -0.481 e. The van der Waals surface area contributed by atoms with Crippen LogP contribution in [-0.4, -0.2) is 46.7 Å². The Hall–Kier alpha value is -1.67. The van der Waals surface area contributed by atoms with Gasteiger partial charge in [0.25, 0.3) is 0 Å². The molecule has 0 aromatic rings. The molecule has 0 aliphatic carbocycles. The molecule has 0 saturated carbocycles.